The lowest BCUT2D eigenvalue weighted by Gasteiger charge is -2.27. The summed E-state index contributed by atoms with van der Waals surface area (Å²) >= 11 is 0. The van der Waals surface area contributed by atoms with Gasteiger partial charge in [-0.3, -0.25) is 19.2 Å². The van der Waals surface area contributed by atoms with Gasteiger partial charge in [0.15, 0.2) is 0 Å². The Morgan fingerprint density at radius 3 is 2.11 bits per heavy atom. The number of carbonyl (C=O) groups excluding carboxylic acids is 4. The van der Waals surface area contributed by atoms with Gasteiger partial charge in [-0.15, -0.1) is 0 Å². The van der Waals surface area contributed by atoms with Crippen LogP contribution in [0.2, 0.25) is 0 Å². The van der Waals surface area contributed by atoms with E-state index >= 15 is 0 Å². The van der Waals surface area contributed by atoms with Gasteiger partial charge in [0.25, 0.3) is 0 Å². The molecule has 0 bridgehead atoms. The number of carbonyl (C=O) groups is 4. The summed E-state index contributed by atoms with van der Waals surface area (Å²) in [4.78, 5) is 56.8. The summed E-state index contributed by atoms with van der Waals surface area (Å²) < 4.78 is 11.8. The molecule has 1 spiro atoms. The molecule has 36 heavy (non-hydrogen) atoms. The van der Waals surface area contributed by atoms with Gasteiger partial charge in [-0.1, -0.05) is 60.2 Å². The number of fused-ring (bicyclic) bond motifs is 3. The van der Waals surface area contributed by atoms with E-state index in [2.05, 4.69) is 0 Å². The van der Waals surface area contributed by atoms with E-state index in [9.17, 15) is 19.2 Å². The van der Waals surface area contributed by atoms with E-state index in [1.807, 2.05) is 32.0 Å². The summed E-state index contributed by atoms with van der Waals surface area (Å²) in [5, 5.41) is 0. The van der Waals surface area contributed by atoms with Crippen molar-refractivity contribution in [3.63, 3.8) is 0 Å². The number of imide groups is 1. The van der Waals surface area contributed by atoms with Crippen molar-refractivity contribution in [2.75, 3.05) is 12.0 Å². The van der Waals surface area contributed by atoms with Crippen molar-refractivity contribution in [3.8, 4) is 5.75 Å². The highest BCUT2D eigenvalue weighted by Crippen LogP contribution is 2.58. The SMILES string of the molecule is COc1cc(C)ccc1N1C(=O)[C@H]2[C@@H](c3cccc(C)c3)OC3(C(=O)c4ccccc4C3=O)[C@H]2C1=O. The number of ketones is 2. The first-order valence-corrected chi connectivity index (χ1v) is 11.7. The smallest absolute Gasteiger partial charge is 0.241 e. The topological polar surface area (TPSA) is 90.0 Å². The van der Waals surface area contributed by atoms with Crippen LogP contribution < -0.4 is 9.64 Å². The van der Waals surface area contributed by atoms with Crippen LogP contribution in [0.25, 0.3) is 0 Å². The lowest BCUT2D eigenvalue weighted by Crippen LogP contribution is -2.51. The Hall–Kier alpha value is -4.10. The molecule has 2 saturated heterocycles. The van der Waals surface area contributed by atoms with E-state index < -0.39 is 46.9 Å². The van der Waals surface area contributed by atoms with E-state index in [4.69, 9.17) is 9.47 Å². The second kappa shape index (κ2) is 7.70. The molecule has 3 atom stereocenters. The Morgan fingerprint density at radius 1 is 0.806 bits per heavy atom. The summed E-state index contributed by atoms with van der Waals surface area (Å²) in [6.45, 7) is 3.77. The van der Waals surface area contributed by atoms with Crippen LogP contribution in [-0.4, -0.2) is 36.1 Å². The standard InChI is InChI=1S/C29H23NO6/c1-15-7-6-8-17(13-15)24-22-23(29(36-24)25(31)18-9-4-5-10-19(18)26(29)32)28(34)30(27(22)33)20-12-11-16(2)14-21(20)35-3/h4-14,22-24H,1-3H3/t22-,23-,24-/m1/s1. The number of Topliss-reactive ketones (excluding diaryl/α,β-unsaturated/α-hetero) is 2. The molecule has 2 amide bonds. The minimum atomic E-state index is -2.10. The van der Waals surface area contributed by atoms with Gasteiger partial charge in [0.1, 0.15) is 5.75 Å². The molecule has 7 heteroatoms. The van der Waals surface area contributed by atoms with Gasteiger partial charge in [0.2, 0.25) is 29.0 Å². The first-order chi connectivity index (χ1) is 17.3. The zero-order valence-electron chi connectivity index (χ0n) is 20.0. The average molecular weight is 482 g/mol. The predicted octanol–water partition coefficient (Wildman–Crippen LogP) is 4.01. The number of hydrogen-bond acceptors (Lipinski definition) is 6. The van der Waals surface area contributed by atoms with E-state index in [1.165, 1.54) is 7.11 Å². The molecule has 2 heterocycles. The summed E-state index contributed by atoms with van der Waals surface area (Å²) in [5.41, 5.74) is 1.05. The van der Waals surface area contributed by atoms with Crippen molar-refractivity contribution in [2.24, 2.45) is 11.8 Å². The fraction of sp³-hybridized carbons (Fsp3) is 0.241. The van der Waals surface area contributed by atoms with Crippen molar-refractivity contribution in [2.45, 2.75) is 25.6 Å². The molecule has 0 N–H and O–H groups in total. The van der Waals surface area contributed by atoms with Crippen LogP contribution in [-0.2, 0) is 14.3 Å². The summed E-state index contributed by atoms with van der Waals surface area (Å²) in [6, 6.07) is 19.0. The minimum absolute atomic E-state index is 0.206. The number of ether oxygens (including phenoxy) is 2. The molecular weight excluding hydrogens is 458 g/mol. The van der Waals surface area contributed by atoms with E-state index in [0.717, 1.165) is 16.0 Å². The molecule has 0 radical (unpaired) electrons. The van der Waals surface area contributed by atoms with Gasteiger partial charge in [0.05, 0.1) is 30.7 Å². The molecule has 2 aliphatic heterocycles. The lowest BCUT2D eigenvalue weighted by molar-refractivity contribution is -0.127. The number of anilines is 1. The van der Waals surface area contributed by atoms with Gasteiger partial charge in [-0.2, -0.15) is 0 Å². The number of amides is 2. The summed E-state index contributed by atoms with van der Waals surface area (Å²) in [5.74, 6) is -4.31. The van der Waals surface area contributed by atoms with Crippen molar-refractivity contribution in [1.29, 1.82) is 0 Å². The van der Waals surface area contributed by atoms with Gasteiger partial charge in [0, 0.05) is 11.1 Å². The molecule has 0 saturated carbocycles. The highest BCUT2D eigenvalue weighted by molar-refractivity contribution is 6.37. The van der Waals surface area contributed by atoms with Crippen LogP contribution in [0.5, 0.6) is 5.75 Å². The lowest BCUT2D eigenvalue weighted by atomic mass is 9.77. The Labute approximate surface area is 207 Å². The van der Waals surface area contributed by atoms with E-state index in [-0.39, 0.29) is 16.8 Å². The molecule has 2 fully saturated rings. The number of rotatable bonds is 3. The molecular formula is C29H23NO6. The van der Waals surface area contributed by atoms with Crippen LogP contribution in [0.1, 0.15) is 43.5 Å². The molecule has 0 unspecified atom stereocenters. The van der Waals surface area contributed by atoms with E-state index in [0.29, 0.717) is 11.3 Å². The fourth-order valence-corrected chi connectivity index (χ4v) is 5.87. The van der Waals surface area contributed by atoms with Crippen molar-refractivity contribution >= 4 is 29.1 Å². The maximum Gasteiger partial charge on any atom is 0.241 e. The van der Waals surface area contributed by atoms with Gasteiger partial charge in [-0.25, -0.2) is 4.90 Å². The Bertz CT molecular complexity index is 1460. The summed E-state index contributed by atoms with van der Waals surface area (Å²) in [7, 11) is 1.46. The number of hydrogen-bond donors (Lipinski definition) is 0. The van der Waals surface area contributed by atoms with Crippen molar-refractivity contribution in [1.82, 2.24) is 0 Å². The Morgan fingerprint density at radius 2 is 1.47 bits per heavy atom. The van der Waals surface area contributed by atoms with Gasteiger partial charge < -0.3 is 9.47 Å². The molecule has 1 aliphatic carbocycles. The second-order valence-corrected chi connectivity index (χ2v) is 9.58. The van der Waals surface area contributed by atoms with Gasteiger partial charge >= 0.3 is 0 Å². The third kappa shape index (κ3) is 2.77. The molecule has 3 aromatic carbocycles. The molecule has 7 nitrogen and oxygen atoms in total. The largest absolute Gasteiger partial charge is 0.495 e. The van der Waals surface area contributed by atoms with E-state index in [1.54, 1.807) is 48.5 Å². The molecule has 6 rings (SSSR count). The zero-order valence-corrected chi connectivity index (χ0v) is 20.0. The third-order valence-corrected chi connectivity index (χ3v) is 7.47. The van der Waals surface area contributed by atoms with Gasteiger partial charge in [-0.05, 0) is 37.1 Å². The summed E-state index contributed by atoms with van der Waals surface area (Å²) in [6.07, 6.45) is -0.949. The third-order valence-electron chi connectivity index (χ3n) is 7.47. The number of methoxy groups -OCH3 is 1. The first-order valence-electron chi connectivity index (χ1n) is 11.7. The zero-order chi connectivity index (χ0) is 25.4. The van der Waals surface area contributed by atoms with Crippen LogP contribution in [0, 0.1) is 25.7 Å². The minimum Gasteiger partial charge on any atom is -0.495 e. The predicted molar refractivity (Wildman–Crippen MR) is 130 cm³/mol. The maximum atomic E-state index is 14.1. The van der Waals surface area contributed by atoms with Crippen LogP contribution >= 0.6 is 0 Å². The van der Waals surface area contributed by atoms with Crippen LogP contribution in [0.3, 0.4) is 0 Å². The second-order valence-electron chi connectivity index (χ2n) is 9.58. The van der Waals surface area contributed by atoms with Crippen LogP contribution in [0.15, 0.2) is 66.7 Å². The molecule has 3 aromatic rings. The number of benzene rings is 3. The van der Waals surface area contributed by atoms with Crippen LogP contribution in [0.4, 0.5) is 5.69 Å². The monoisotopic (exact) mass is 481 g/mol. The quantitative estimate of drug-likeness (QED) is 0.415. The Kier molecular flexibility index (Phi) is 4.78. The Balaban J connectivity index is 1.56. The van der Waals surface area contributed by atoms with Crippen molar-refractivity contribution < 1.29 is 28.7 Å². The highest BCUT2D eigenvalue weighted by Gasteiger charge is 2.74. The highest BCUT2D eigenvalue weighted by atomic mass is 16.5. The normalized spacial score (nSPS) is 24.0. The molecule has 3 aliphatic rings. The fourth-order valence-electron chi connectivity index (χ4n) is 5.87. The van der Waals surface area contributed by atoms with Crippen molar-refractivity contribution in [3.05, 3.63) is 94.5 Å². The maximum absolute atomic E-state index is 14.1. The number of nitrogens with zero attached hydrogens (tertiary/aromatic N) is 1. The first kappa shape index (κ1) is 22.4. The molecule has 0 aromatic heterocycles. The molecule has 180 valence electrons. The average Bonchev–Trinajstić information content (AvgIpc) is 3.44. The number of aryl methyl sites for hydroxylation is 2.